The van der Waals surface area contributed by atoms with Crippen molar-refractivity contribution in [1.82, 2.24) is 0 Å². The van der Waals surface area contributed by atoms with Crippen LogP contribution >= 0.6 is 45.3 Å². The third-order valence-electron chi connectivity index (χ3n) is 18.8. The molecule has 448 valence electrons. The van der Waals surface area contributed by atoms with Crippen molar-refractivity contribution in [2.75, 3.05) is 0 Å². The van der Waals surface area contributed by atoms with Crippen molar-refractivity contribution in [3.05, 3.63) is 313 Å². The molecule has 1 unspecified atom stereocenters. The average molecular weight is 1290 g/mol. The smallest absolute Gasteiger partial charge is 0.270 e. The van der Waals surface area contributed by atoms with Crippen LogP contribution in [0.25, 0.3) is 72.7 Å². The molecule has 4 aliphatic carbocycles. The third kappa shape index (κ3) is 8.77. The minimum Gasteiger partial charge on any atom is -0.289 e. The van der Waals surface area contributed by atoms with Crippen molar-refractivity contribution in [2.45, 2.75) is 70.6 Å². The van der Waals surface area contributed by atoms with Gasteiger partial charge in [-0.2, -0.15) is 0 Å². The van der Waals surface area contributed by atoms with E-state index in [1.54, 1.807) is 34.8 Å². The normalized spacial score (nSPS) is 17.5. The number of allylic oxidation sites excluding steroid dienone is 6. The number of nitriles is 2. The molecule has 0 saturated heterocycles. The Hall–Kier alpha value is -10.2. The number of ketones is 2. The summed E-state index contributed by atoms with van der Waals surface area (Å²) in [5, 5.41) is 20.5. The van der Waals surface area contributed by atoms with Crippen molar-refractivity contribution in [1.29, 1.82) is 10.5 Å². The second-order valence-corrected chi connectivity index (χ2v) is 28.4. The number of aryl methyl sites for hydroxylation is 4. The van der Waals surface area contributed by atoms with Crippen LogP contribution in [0.5, 0.6) is 0 Å². The highest BCUT2D eigenvalue weighted by molar-refractivity contribution is 7.31. The van der Waals surface area contributed by atoms with Crippen LogP contribution < -0.4 is 0 Å². The van der Waals surface area contributed by atoms with Gasteiger partial charge in [0.2, 0.25) is 0 Å². The van der Waals surface area contributed by atoms with Gasteiger partial charge in [0, 0.05) is 73.5 Å². The molecule has 0 fully saturated rings. The van der Waals surface area contributed by atoms with Crippen LogP contribution in [-0.2, 0) is 17.3 Å². The lowest BCUT2D eigenvalue weighted by Crippen LogP contribution is -2.30. The monoisotopic (exact) mass is 1290 g/mol. The van der Waals surface area contributed by atoms with E-state index in [4.69, 9.17) is 13.1 Å². The number of fused-ring (bicyclic) bond motifs is 12. The summed E-state index contributed by atoms with van der Waals surface area (Å²) in [6, 6.07) is 51.4. The Bertz CT molecular complexity index is 5390. The van der Waals surface area contributed by atoms with Crippen molar-refractivity contribution in [3.8, 4) is 33.0 Å². The first-order chi connectivity index (χ1) is 45.0. The van der Waals surface area contributed by atoms with Gasteiger partial charge in [-0.05, 0) is 155 Å². The maximum absolute atomic E-state index is 15.0. The van der Waals surface area contributed by atoms with E-state index in [2.05, 4.69) is 147 Å². The number of carbonyl (C=O) groups excluding carboxylic acids is 2. The second-order valence-electron chi connectivity index (χ2n) is 24.1. The zero-order chi connectivity index (χ0) is 64.5. The summed E-state index contributed by atoms with van der Waals surface area (Å²) in [5.41, 5.74) is 11.9. The van der Waals surface area contributed by atoms with Crippen molar-refractivity contribution in [2.24, 2.45) is 0 Å². The van der Waals surface area contributed by atoms with Crippen molar-refractivity contribution >= 4 is 99.0 Å². The number of rotatable bonds is 11. The summed E-state index contributed by atoms with van der Waals surface area (Å²) in [5.74, 6) is -6.04. The fraction of sp³-hybridized carbons (Fsp3) is 0.139. The molecule has 11 aromatic rings. The van der Waals surface area contributed by atoms with E-state index in [-0.39, 0.29) is 44.5 Å². The van der Waals surface area contributed by atoms with E-state index < -0.39 is 57.1 Å². The van der Waals surface area contributed by atoms with Crippen LogP contribution in [0.4, 0.5) is 17.6 Å². The van der Waals surface area contributed by atoms with Gasteiger partial charge in [0.25, 0.3) is 11.4 Å². The lowest BCUT2D eigenvalue weighted by atomic mass is 9.65. The fourth-order valence-electron chi connectivity index (χ4n) is 14.5. The molecule has 14 heteroatoms. The Balaban J connectivity index is 1.01. The molecule has 0 bridgehead atoms. The Labute approximate surface area is 549 Å². The van der Waals surface area contributed by atoms with Crippen LogP contribution in [0.2, 0.25) is 0 Å². The first-order valence-corrected chi connectivity index (χ1v) is 33.5. The SMILES string of the molecule is [C-]#[N+]/C(C#N)=C1\C(=C\c2cc3sc4c(c3s2)C(c2ccc(C)cc2)(c2ccc(C)cc2)c2cc3c(cc2-4)C(c2ccc(C)cc2)(c2ccc(CCCCCC)cc2)c2c-3sc3cc(/C=C4\C(=O)c5cc(F)c(F)cc5\C4=C(\C#N)[N+]#[C-])sc23)C(=O)c2cc(F)c(F)cc21. The van der Waals surface area contributed by atoms with Crippen LogP contribution in [-0.4, -0.2) is 11.6 Å². The standard InChI is InChI=1S/C79H48F4N4O2S4/c1-7-8-9-10-11-43-18-26-47(27-19-43)79(46-24-16-42(4)17-25-46)59-33-54-58(32-55(59)75-71(79)77-67(93-75)31-49(91-77)29-57-69(65(39-85)87-6)51-35-61(81)63(83)37-53(51)73(57)89)78(44-20-12-40(2)13-21-44,45-22-14-41(3)15-23-45)70-74(54)92-66-30-48(90-76(66)70)28-56-68(64(38-84)86-5)50-34-60(80)62(82)36-52(50)72(56)88/h12-37H,7-11H2,1-4H3/b56-28-,57-29-,68-64-,69-65+. The van der Waals surface area contributed by atoms with Crippen LogP contribution in [0.3, 0.4) is 0 Å². The Morgan fingerprint density at radius 3 is 1.20 bits per heavy atom. The van der Waals surface area contributed by atoms with E-state index in [0.717, 1.165) is 157 Å². The third-order valence-corrected chi connectivity index (χ3v) is 23.6. The molecule has 15 rings (SSSR count). The predicted molar refractivity (Wildman–Crippen MR) is 365 cm³/mol. The molecule has 0 amide bonds. The number of Topliss-reactive ketones (excluding diaryl/α,β-unsaturated/α-hetero) is 2. The average Bonchev–Trinajstić information content (AvgIpc) is 1.50. The Morgan fingerprint density at radius 2 is 0.849 bits per heavy atom. The van der Waals surface area contributed by atoms with Crippen molar-refractivity contribution in [3.63, 3.8) is 0 Å². The molecule has 0 spiro atoms. The molecule has 0 N–H and O–H groups in total. The molecule has 0 radical (unpaired) electrons. The maximum Gasteiger partial charge on any atom is 0.270 e. The van der Waals surface area contributed by atoms with Gasteiger partial charge < -0.3 is 0 Å². The van der Waals surface area contributed by atoms with Gasteiger partial charge in [-0.3, -0.25) is 9.59 Å². The van der Waals surface area contributed by atoms with Gasteiger partial charge in [-0.25, -0.2) is 37.8 Å². The largest absolute Gasteiger partial charge is 0.289 e. The predicted octanol–water partition coefficient (Wildman–Crippen LogP) is 21.4. The number of unbranched alkanes of at least 4 members (excludes halogenated alkanes) is 3. The number of hydrogen-bond acceptors (Lipinski definition) is 8. The molecular weight excluding hydrogens is 1240 g/mol. The van der Waals surface area contributed by atoms with E-state index in [1.807, 2.05) is 24.3 Å². The van der Waals surface area contributed by atoms with E-state index in [9.17, 15) is 33.3 Å². The molecule has 0 saturated carbocycles. The molecule has 93 heavy (non-hydrogen) atoms. The highest BCUT2D eigenvalue weighted by Gasteiger charge is 2.54. The number of nitrogens with zero attached hydrogens (tertiary/aromatic N) is 4. The van der Waals surface area contributed by atoms with Gasteiger partial charge >= 0.3 is 0 Å². The highest BCUT2D eigenvalue weighted by Crippen LogP contribution is 2.68. The van der Waals surface area contributed by atoms with E-state index in [1.165, 1.54) is 28.2 Å². The molecule has 4 aliphatic rings. The molecule has 7 aromatic carbocycles. The minimum absolute atomic E-state index is 0.00400. The van der Waals surface area contributed by atoms with Gasteiger partial charge in [0.15, 0.2) is 34.8 Å². The first kappa shape index (κ1) is 59.2. The Kier molecular flexibility index (Phi) is 14.2. The Morgan fingerprint density at radius 1 is 0.484 bits per heavy atom. The van der Waals surface area contributed by atoms with Crippen LogP contribution in [0, 0.1) is 79.8 Å². The lowest BCUT2D eigenvalue weighted by Gasteiger charge is -2.35. The summed E-state index contributed by atoms with van der Waals surface area (Å²) in [6.07, 6.45) is 8.72. The van der Waals surface area contributed by atoms with E-state index >= 15 is 4.39 Å². The van der Waals surface area contributed by atoms with Crippen molar-refractivity contribution < 1.29 is 27.2 Å². The first-order valence-electron chi connectivity index (χ1n) is 30.3. The minimum atomic E-state index is -1.21. The number of hydrogen-bond donors (Lipinski definition) is 0. The molecule has 0 aliphatic heterocycles. The summed E-state index contributed by atoms with van der Waals surface area (Å²) >= 11 is 6.27. The van der Waals surface area contributed by atoms with E-state index in [0.29, 0.717) is 9.75 Å². The molecule has 4 heterocycles. The zero-order valence-corrected chi connectivity index (χ0v) is 53.6. The summed E-state index contributed by atoms with van der Waals surface area (Å²) in [7, 11) is 0. The number of benzene rings is 7. The van der Waals surface area contributed by atoms with Crippen LogP contribution in [0.15, 0.2) is 168 Å². The summed E-state index contributed by atoms with van der Waals surface area (Å²) in [4.78, 5) is 39.1. The summed E-state index contributed by atoms with van der Waals surface area (Å²) in [6.45, 7) is 24.3. The topological polar surface area (TPSA) is 90.4 Å². The van der Waals surface area contributed by atoms with Gasteiger partial charge in [-0.15, -0.1) is 45.3 Å². The molecule has 4 aromatic heterocycles. The fourth-order valence-corrected chi connectivity index (χ4v) is 20.0. The van der Waals surface area contributed by atoms with Gasteiger partial charge in [0.1, 0.15) is 0 Å². The van der Waals surface area contributed by atoms with Crippen LogP contribution in [0.1, 0.15) is 141 Å². The highest BCUT2D eigenvalue weighted by atomic mass is 32.1. The maximum atomic E-state index is 15.0. The number of carbonyl (C=O) groups is 2. The number of halogens is 4. The molecular formula is C79H48F4N4O2S4. The lowest BCUT2D eigenvalue weighted by molar-refractivity contribution is 0.103. The number of thiophene rings is 4. The summed E-state index contributed by atoms with van der Waals surface area (Å²) < 4.78 is 63.6. The van der Waals surface area contributed by atoms with Gasteiger partial charge in [0.05, 0.1) is 45.5 Å². The molecule has 1 atom stereocenters. The van der Waals surface area contributed by atoms with Gasteiger partial charge in [-0.1, -0.05) is 140 Å². The quantitative estimate of drug-likeness (QED) is 0.0424. The second kappa shape index (κ2) is 22.3. The molecule has 6 nitrogen and oxygen atoms in total. The zero-order valence-electron chi connectivity index (χ0n) is 50.3.